The highest BCUT2D eigenvalue weighted by atomic mass is 19.4. The summed E-state index contributed by atoms with van der Waals surface area (Å²) in [5.41, 5.74) is 0.151. The highest BCUT2D eigenvalue weighted by Gasteiger charge is 2.30. The Bertz CT molecular complexity index is 846. The van der Waals surface area contributed by atoms with E-state index in [0.717, 1.165) is 12.1 Å². The number of aromatic nitrogens is 2. The zero-order chi connectivity index (χ0) is 19.6. The van der Waals surface area contributed by atoms with Gasteiger partial charge in [0.1, 0.15) is 6.61 Å². The normalized spacial score (nSPS) is 14.4. The molecular formula is C17H16F3N3O4. The first kappa shape index (κ1) is 18.7. The van der Waals surface area contributed by atoms with Crippen LogP contribution in [0.1, 0.15) is 33.7 Å². The van der Waals surface area contributed by atoms with E-state index in [4.69, 9.17) is 9.84 Å². The third-order valence-electron chi connectivity index (χ3n) is 4.14. The van der Waals surface area contributed by atoms with Crippen molar-refractivity contribution in [3.8, 4) is 0 Å². The fourth-order valence-corrected chi connectivity index (χ4v) is 2.75. The lowest BCUT2D eigenvalue weighted by Crippen LogP contribution is -2.31. The number of carboxylic acid groups (broad SMARTS) is 1. The van der Waals surface area contributed by atoms with E-state index in [0.29, 0.717) is 30.8 Å². The number of nitrogens with zero attached hydrogens (tertiary/aromatic N) is 3. The van der Waals surface area contributed by atoms with Gasteiger partial charge in [0.05, 0.1) is 17.8 Å². The van der Waals surface area contributed by atoms with Crippen LogP contribution in [0.5, 0.6) is 0 Å². The maximum absolute atomic E-state index is 12.6. The van der Waals surface area contributed by atoms with Crippen molar-refractivity contribution in [1.29, 1.82) is 0 Å². The Kier molecular flexibility index (Phi) is 5.06. The van der Waals surface area contributed by atoms with E-state index in [2.05, 4.69) is 5.10 Å². The van der Waals surface area contributed by atoms with Crippen molar-refractivity contribution in [3.05, 3.63) is 52.8 Å². The van der Waals surface area contributed by atoms with Crippen LogP contribution in [-0.2, 0) is 30.6 Å². The first-order valence-corrected chi connectivity index (χ1v) is 8.12. The summed E-state index contributed by atoms with van der Waals surface area (Å²) in [5, 5.41) is 13.0. The van der Waals surface area contributed by atoms with E-state index in [-0.39, 0.29) is 18.8 Å². The van der Waals surface area contributed by atoms with Gasteiger partial charge < -0.3 is 14.7 Å². The lowest BCUT2D eigenvalue weighted by atomic mass is 10.1. The molecule has 27 heavy (non-hydrogen) atoms. The van der Waals surface area contributed by atoms with Gasteiger partial charge in [0, 0.05) is 13.1 Å². The SMILES string of the molecule is O=C(O)c1cc2n(n1)CCCN(C(=O)OCc1ccc(C(F)(F)F)cc1)C2. The summed E-state index contributed by atoms with van der Waals surface area (Å²) in [5.74, 6) is -1.15. The molecule has 0 unspecified atom stereocenters. The molecule has 0 spiro atoms. The summed E-state index contributed by atoms with van der Waals surface area (Å²) < 4.78 is 44.4. The standard InChI is InChI=1S/C17H16F3N3O4/c18-17(19,20)12-4-2-11(3-5-12)10-27-16(26)22-6-1-7-23-13(9-22)8-14(21-23)15(24)25/h2-5,8H,1,6-7,9-10H2,(H,24,25). The third-order valence-corrected chi connectivity index (χ3v) is 4.14. The Balaban J connectivity index is 1.61. The molecular weight excluding hydrogens is 367 g/mol. The molecule has 1 aromatic carbocycles. The topological polar surface area (TPSA) is 84.7 Å². The van der Waals surface area contributed by atoms with Gasteiger partial charge in [-0.2, -0.15) is 18.3 Å². The second kappa shape index (κ2) is 7.29. The van der Waals surface area contributed by atoms with Gasteiger partial charge in [-0.15, -0.1) is 0 Å². The van der Waals surface area contributed by atoms with E-state index in [1.165, 1.54) is 23.1 Å². The van der Waals surface area contributed by atoms with Crippen LogP contribution in [0.15, 0.2) is 30.3 Å². The van der Waals surface area contributed by atoms with E-state index in [1.807, 2.05) is 0 Å². The molecule has 10 heteroatoms. The number of hydrogen-bond donors (Lipinski definition) is 1. The van der Waals surface area contributed by atoms with E-state index in [1.54, 1.807) is 4.68 Å². The summed E-state index contributed by atoms with van der Waals surface area (Å²) in [6.45, 7) is 0.863. The molecule has 2 aromatic rings. The van der Waals surface area contributed by atoms with Crippen LogP contribution in [-0.4, -0.2) is 38.4 Å². The molecule has 1 aliphatic heterocycles. The van der Waals surface area contributed by atoms with Gasteiger partial charge in [-0.3, -0.25) is 4.68 Å². The van der Waals surface area contributed by atoms with Gasteiger partial charge in [-0.1, -0.05) is 12.1 Å². The summed E-state index contributed by atoms with van der Waals surface area (Å²) >= 11 is 0. The minimum Gasteiger partial charge on any atom is -0.476 e. The Hall–Kier alpha value is -3.04. The number of fused-ring (bicyclic) bond motifs is 1. The van der Waals surface area contributed by atoms with Crippen molar-refractivity contribution in [2.45, 2.75) is 32.3 Å². The molecule has 0 atom stereocenters. The number of aromatic carboxylic acids is 1. The number of halogens is 3. The first-order chi connectivity index (χ1) is 12.7. The second-order valence-electron chi connectivity index (χ2n) is 6.07. The number of alkyl halides is 3. The van der Waals surface area contributed by atoms with Gasteiger partial charge in [0.25, 0.3) is 0 Å². The van der Waals surface area contributed by atoms with Gasteiger partial charge in [-0.05, 0) is 30.2 Å². The quantitative estimate of drug-likeness (QED) is 0.880. The molecule has 1 aliphatic rings. The summed E-state index contributed by atoms with van der Waals surface area (Å²) in [6, 6.07) is 5.78. The maximum Gasteiger partial charge on any atom is 0.416 e. The van der Waals surface area contributed by atoms with E-state index >= 15 is 0 Å². The molecule has 0 bridgehead atoms. The number of amides is 1. The minimum absolute atomic E-state index is 0.0926. The maximum atomic E-state index is 12.6. The van der Waals surface area contributed by atoms with Crippen LogP contribution in [0, 0.1) is 0 Å². The smallest absolute Gasteiger partial charge is 0.416 e. The zero-order valence-electron chi connectivity index (χ0n) is 14.1. The van der Waals surface area contributed by atoms with Crippen LogP contribution in [0.2, 0.25) is 0 Å². The second-order valence-corrected chi connectivity index (χ2v) is 6.07. The number of carbonyl (C=O) groups excluding carboxylic acids is 1. The van der Waals surface area contributed by atoms with Gasteiger partial charge in [0.2, 0.25) is 0 Å². The highest BCUT2D eigenvalue weighted by Crippen LogP contribution is 2.29. The predicted molar refractivity (Wildman–Crippen MR) is 85.8 cm³/mol. The van der Waals surface area contributed by atoms with Crippen molar-refractivity contribution in [2.24, 2.45) is 0 Å². The molecule has 2 heterocycles. The molecule has 0 saturated carbocycles. The summed E-state index contributed by atoms with van der Waals surface area (Å²) in [7, 11) is 0. The lowest BCUT2D eigenvalue weighted by molar-refractivity contribution is -0.137. The minimum atomic E-state index is -4.42. The summed E-state index contributed by atoms with van der Waals surface area (Å²) in [6.07, 6.45) is -4.47. The Morgan fingerprint density at radius 1 is 1.19 bits per heavy atom. The molecule has 1 amide bonds. The Labute approximate surface area is 151 Å². The predicted octanol–water partition coefficient (Wildman–Crippen LogP) is 3.14. The highest BCUT2D eigenvalue weighted by molar-refractivity contribution is 5.85. The number of rotatable bonds is 3. The van der Waals surface area contributed by atoms with E-state index in [9.17, 15) is 22.8 Å². The van der Waals surface area contributed by atoms with E-state index < -0.39 is 23.8 Å². The van der Waals surface area contributed by atoms with Crippen LogP contribution in [0.25, 0.3) is 0 Å². The van der Waals surface area contributed by atoms with Crippen LogP contribution in [0.4, 0.5) is 18.0 Å². The molecule has 0 radical (unpaired) electrons. The lowest BCUT2D eigenvalue weighted by Gasteiger charge is -2.19. The Morgan fingerprint density at radius 3 is 2.52 bits per heavy atom. The van der Waals surface area contributed by atoms with Gasteiger partial charge >= 0.3 is 18.2 Å². The number of carboxylic acids is 1. The molecule has 1 N–H and O–H groups in total. The van der Waals surface area contributed by atoms with Crippen molar-refractivity contribution in [2.75, 3.05) is 6.54 Å². The van der Waals surface area contributed by atoms with Crippen molar-refractivity contribution >= 4 is 12.1 Å². The number of benzene rings is 1. The zero-order valence-corrected chi connectivity index (χ0v) is 14.1. The summed E-state index contributed by atoms with van der Waals surface area (Å²) in [4.78, 5) is 24.7. The number of aryl methyl sites for hydroxylation is 1. The molecule has 0 aliphatic carbocycles. The third kappa shape index (κ3) is 4.39. The number of carbonyl (C=O) groups is 2. The largest absolute Gasteiger partial charge is 0.476 e. The number of ether oxygens (including phenoxy) is 1. The molecule has 1 aromatic heterocycles. The van der Waals surface area contributed by atoms with Crippen LogP contribution in [0.3, 0.4) is 0 Å². The first-order valence-electron chi connectivity index (χ1n) is 8.12. The fraction of sp³-hybridized carbons (Fsp3) is 0.353. The molecule has 3 rings (SSSR count). The van der Waals surface area contributed by atoms with Crippen molar-refractivity contribution in [1.82, 2.24) is 14.7 Å². The molecule has 0 fully saturated rings. The van der Waals surface area contributed by atoms with Crippen molar-refractivity contribution < 1.29 is 32.6 Å². The Morgan fingerprint density at radius 2 is 1.89 bits per heavy atom. The van der Waals surface area contributed by atoms with Crippen molar-refractivity contribution in [3.63, 3.8) is 0 Å². The average Bonchev–Trinajstić information content (AvgIpc) is 2.91. The fourth-order valence-electron chi connectivity index (χ4n) is 2.75. The molecule has 7 nitrogen and oxygen atoms in total. The molecule has 144 valence electrons. The monoisotopic (exact) mass is 383 g/mol. The van der Waals surface area contributed by atoms with Gasteiger partial charge in [-0.25, -0.2) is 9.59 Å². The average molecular weight is 383 g/mol. The molecule has 0 saturated heterocycles. The number of hydrogen-bond acceptors (Lipinski definition) is 4. The van der Waals surface area contributed by atoms with Gasteiger partial charge in [0.15, 0.2) is 5.69 Å². The van der Waals surface area contributed by atoms with Crippen LogP contribution < -0.4 is 0 Å². The van der Waals surface area contributed by atoms with Crippen LogP contribution >= 0.6 is 0 Å².